The van der Waals surface area contributed by atoms with Crippen LogP contribution in [0.25, 0.3) is 0 Å². The Labute approximate surface area is 111 Å². The smallest absolute Gasteiger partial charge is 0.142 e. The van der Waals surface area contributed by atoms with Crippen LogP contribution in [0.2, 0.25) is 5.02 Å². The fraction of sp³-hybridized carbons (Fsp3) is 0.214. The third-order valence-electron chi connectivity index (χ3n) is 3.10. The Morgan fingerprint density at radius 3 is 2.44 bits per heavy atom. The number of aromatic nitrogens is 1. The van der Waals surface area contributed by atoms with E-state index >= 15 is 0 Å². The number of benzene rings is 1. The van der Waals surface area contributed by atoms with Gasteiger partial charge in [-0.2, -0.15) is 0 Å². The Morgan fingerprint density at radius 2 is 1.83 bits per heavy atom. The molecule has 2 aromatic rings. The predicted molar refractivity (Wildman–Crippen MR) is 71.0 cm³/mol. The van der Waals surface area contributed by atoms with E-state index in [0.29, 0.717) is 0 Å². The van der Waals surface area contributed by atoms with Gasteiger partial charge in [-0.1, -0.05) is 24.6 Å². The van der Waals surface area contributed by atoms with Gasteiger partial charge in [0.05, 0.1) is 5.02 Å². The topological polar surface area (TPSA) is 38.9 Å². The van der Waals surface area contributed by atoms with E-state index in [1.807, 2.05) is 19.1 Å². The van der Waals surface area contributed by atoms with Gasteiger partial charge >= 0.3 is 0 Å². The molecule has 2 rings (SSSR count). The summed E-state index contributed by atoms with van der Waals surface area (Å²) in [6.07, 6.45) is 3.45. The van der Waals surface area contributed by atoms with E-state index in [9.17, 15) is 4.39 Å². The molecule has 2 unspecified atom stereocenters. The molecular weight excluding hydrogens is 251 g/mol. The molecule has 94 valence electrons. The van der Waals surface area contributed by atoms with Crippen molar-refractivity contribution in [1.82, 2.24) is 4.98 Å². The molecule has 2 atom stereocenters. The van der Waals surface area contributed by atoms with Gasteiger partial charge in [-0.05, 0) is 35.4 Å². The average Bonchev–Trinajstić information content (AvgIpc) is 2.41. The number of pyridine rings is 1. The molecule has 2 N–H and O–H groups in total. The minimum atomic E-state index is -0.438. The number of nitrogens with two attached hydrogens (primary N) is 1. The van der Waals surface area contributed by atoms with Crippen LogP contribution in [0.15, 0.2) is 42.7 Å². The zero-order valence-corrected chi connectivity index (χ0v) is 10.7. The van der Waals surface area contributed by atoms with E-state index in [1.54, 1.807) is 18.5 Å². The maximum atomic E-state index is 13.4. The molecular formula is C14H14ClFN2. The van der Waals surface area contributed by atoms with Gasteiger partial charge in [0, 0.05) is 24.4 Å². The molecule has 0 radical (unpaired) electrons. The van der Waals surface area contributed by atoms with Crippen LogP contribution in [0, 0.1) is 5.82 Å². The summed E-state index contributed by atoms with van der Waals surface area (Å²) < 4.78 is 13.4. The molecule has 0 aliphatic heterocycles. The van der Waals surface area contributed by atoms with Crippen LogP contribution < -0.4 is 5.73 Å². The molecule has 1 aromatic carbocycles. The maximum absolute atomic E-state index is 13.4. The van der Waals surface area contributed by atoms with Gasteiger partial charge in [-0.15, -0.1) is 0 Å². The van der Waals surface area contributed by atoms with Crippen molar-refractivity contribution < 1.29 is 4.39 Å². The lowest BCUT2D eigenvalue weighted by molar-refractivity contribution is 0.582. The Balaban J connectivity index is 2.25. The zero-order chi connectivity index (χ0) is 13.1. The molecule has 0 fully saturated rings. The molecule has 0 spiro atoms. The van der Waals surface area contributed by atoms with Crippen molar-refractivity contribution >= 4 is 11.6 Å². The van der Waals surface area contributed by atoms with Crippen LogP contribution in [0.5, 0.6) is 0 Å². The summed E-state index contributed by atoms with van der Waals surface area (Å²) in [5, 5.41) is 0.113. The van der Waals surface area contributed by atoms with E-state index in [4.69, 9.17) is 17.3 Å². The Kier molecular flexibility index (Phi) is 3.94. The van der Waals surface area contributed by atoms with Gasteiger partial charge in [-0.3, -0.25) is 4.98 Å². The Morgan fingerprint density at radius 1 is 1.17 bits per heavy atom. The minimum absolute atomic E-state index is 0.0774. The van der Waals surface area contributed by atoms with Crippen LogP contribution in [0.4, 0.5) is 4.39 Å². The van der Waals surface area contributed by atoms with Crippen molar-refractivity contribution in [2.45, 2.75) is 18.9 Å². The van der Waals surface area contributed by atoms with Crippen LogP contribution in [-0.2, 0) is 0 Å². The van der Waals surface area contributed by atoms with Gasteiger partial charge in [0.1, 0.15) is 5.82 Å². The van der Waals surface area contributed by atoms with Crippen molar-refractivity contribution in [2.75, 3.05) is 0 Å². The quantitative estimate of drug-likeness (QED) is 0.919. The van der Waals surface area contributed by atoms with Crippen LogP contribution in [0.3, 0.4) is 0 Å². The first-order chi connectivity index (χ1) is 8.59. The molecule has 0 saturated heterocycles. The summed E-state index contributed by atoms with van der Waals surface area (Å²) in [7, 11) is 0. The zero-order valence-electron chi connectivity index (χ0n) is 9.98. The fourth-order valence-corrected chi connectivity index (χ4v) is 2.00. The molecule has 0 aliphatic rings. The number of hydrogen-bond acceptors (Lipinski definition) is 2. The summed E-state index contributed by atoms with van der Waals surface area (Å²) in [6.45, 7) is 2.01. The predicted octanol–water partition coefficient (Wildman–Crippen LogP) is 3.68. The summed E-state index contributed by atoms with van der Waals surface area (Å²) in [6, 6.07) is 8.23. The monoisotopic (exact) mass is 264 g/mol. The van der Waals surface area contributed by atoms with Gasteiger partial charge in [0.15, 0.2) is 0 Å². The lowest BCUT2D eigenvalue weighted by atomic mass is 9.90. The molecule has 1 heterocycles. The van der Waals surface area contributed by atoms with E-state index in [0.717, 1.165) is 11.1 Å². The summed E-state index contributed by atoms with van der Waals surface area (Å²) in [5.74, 6) is -0.361. The minimum Gasteiger partial charge on any atom is -0.323 e. The third-order valence-corrected chi connectivity index (χ3v) is 3.41. The second-order valence-electron chi connectivity index (χ2n) is 4.27. The molecule has 0 saturated carbocycles. The Bertz CT molecular complexity index is 531. The van der Waals surface area contributed by atoms with Gasteiger partial charge < -0.3 is 5.73 Å². The van der Waals surface area contributed by atoms with Crippen molar-refractivity contribution in [3.8, 4) is 0 Å². The van der Waals surface area contributed by atoms with Crippen LogP contribution >= 0.6 is 11.6 Å². The molecule has 0 amide bonds. The number of hydrogen-bond donors (Lipinski definition) is 1. The van der Waals surface area contributed by atoms with Gasteiger partial charge in [0.25, 0.3) is 0 Å². The standard InChI is InChI=1S/C14H14ClFN2/c1-9(10-4-6-18-7-5-10)14(17)11-2-3-12(15)13(16)8-11/h2-9,14H,17H2,1H3. The maximum Gasteiger partial charge on any atom is 0.142 e. The summed E-state index contributed by atoms with van der Waals surface area (Å²) >= 11 is 5.66. The van der Waals surface area contributed by atoms with Crippen molar-refractivity contribution in [2.24, 2.45) is 5.73 Å². The highest BCUT2D eigenvalue weighted by atomic mass is 35.5. The number of nitrogens with zero attached hydrogens (tertiary/aromatic N) is 1. The number of rotatable bonds is 3. The number of halogens is 2. The van der Waals surface area contributed by atoms with Gasteiger partial charge in [0.2, 0.25) is 0 Å². The normalized spacial score (nSPS) is 14.2. The van der Waals surface area contributed by atoms with Crippen molar-refractivity contribution in [3.05, 3.63) is 64.7 Å². The molecule has 2 nitrogen and oxygen atoms in total. The molecule has 0 bridgehead atoms. The third kappa shape index (κ3) is 2.68. The first-order valence-corrected chi connectivity index (χ1v) is 6.08. The van der Waals surface area contributed by atoms with Crippen LogP contribution in [-0.4, -0.2) is 4.98 Å². The molecule has 0 aliphatic carbocycles. The highest BCUT2D eigenvalue weighted by molar-refractivity contribution is 6.30. The van der Waals surface area contributed by atoms with E-state index in [1.165, 1.54) is 12.1 Å². The highest BCUT2D eigenvalue weighted by Gasteiger charge is 2.17. The van der Waals surface area contributed by atoms with Gasteiger partial charge in [-0.25, -0.2) is 4.39 Å². The largest absolute Gasteiger partial charge is 0.323 e. The fourth-order valence-electron chi connectivity index (χ4n) is 1.88. The van der Waals surface area contributed by atoms with Crippen LogP contribution in [0.1, 0.15) is 30.0 Å². The SMILES string of the molecule is CC(c1ccncc1)C(N)c1ccc(Cl)c(F)c1. The summed E-state index contributed by atoms with van der Waals surface area (Å²) in [5.41, 5.74) is 7.97. The highest BCUT2D eigenvalue weighted by Crippen LogP contribution is 2.29. The molecule has 18 heavy (non-hydrogen) atoms. The van der Waals surface area contributed by atoms with E-state index in [2.05, 4.69) is 4.98 Å². The summed E-state index contributed by atoms with van der Waals surface area (Å²) in [4.78, 5) is 3.97. The lowest BCUT2D eigenvalue weighted by Gasteiger charge is -2.20. The molecule has 4 heteroatoms. The van der Waals surface area contributed by atoms with Crippen molar-refractivity contribution in [1.29, 1.82) is 0 Å². The lowest BCUT2D eigenvalue weighted by Crippen LogP contribution is -2.17. The van der Waals surface area contributed by atoms with Crippen molar-refractivity contribution in [3.63, 3.8) is 0 Å². The second kappa shape index (κ2) is 5.46. The van der Waals surface area contributed by atoms with E-state index in [-0.39, 0.29) is 17.0 Å². The first-order valence-electron chi connectivity index (χ1n) is 5.70. The average molecular weight is 265 g/mol. The first kappa shape index (κ1) is 13.0. The Hall–Kier alpha value is -1.45. The van der Waals surface area contributed by atoms with E-state index < -0.39 is 5.82 Å². The second-order valence-corrected chi connectivity index (χ2v) is 4.68. The molecule has 1 aromatic heterocycles.